The van der Waals surface area contributed by atoms with Gasteiger partial charge in [0.05, 0.1) is 0 Å². The minimum atomic E-state index is -1.08. The van der Waals surface area contributed by atoms with Crippen LogP contribution in [-0.2, 0) is 0 Å². The molecule has 0 saturated heterocycles. The molecule has 0 unspecified atom stereocenters. The molecule has 0 fully saturated rings. The van der Waals surface area contributed by atoms with Gasteiger partial charge in [0.25, 0.3) is 5.95 Å². The molecule has 0 rings (SSSR count). The first-order valence-electron chi connectivity index (χ1n) is 0.736. The van der Waals surface area contributed by atoms with Crippen molar-refractivity contribution in [3.8, 4) is 0 Å². The summed E-state index contributed by atoms with van der Waals surface area (Å²) in [6.45, 7) is 4.14. The molecule has 0 atom stereocenters. The van der Waals surface area contributed by atoms with Crippen LogP contribution < -0.4 is 0 Å². The second-order valence-corrected chi connectivity index (χ2v) is 0.358. The first-order valence-corrected chi connectivity index (χ1v) is 0.736. The predicted octanol–water partition coefficient (Wildman–Crippen LogP) is 0.377. The molecule has 0 aromatic rings. The van der Waals surface area contributed by atoms with Crippen LogP contribution in [-0.4, -0.2) is 10.2 Å². The van der Waals surface area contributed by atoms with Crippen LogP contribution in [0.2, 0.25) is 0 Å². The van der Waals surface area contributed by atoms with Crippen LogP contribution in [0.5, 0.6) is 0 Å². The van der Waals surface area contributed by atoms with E-state index < -0.39 is 5.95 Å². The summed E-state index contributed by atoms with van der Waals surface area (Å²) in [5.41, 5.74) is 0. The molecule has 0 aliphatic heterocycles. The van der Waals surface area contributed by atoms with Crippen molar-refractivity contribution in [3.05, 3.63) is 12.5 Å². The molecule has 0 bridgehead atoms. The van der Waals surface area contributed by atoms with Gasteiger partial charge in [-0.05, 0) is 0 Å². The average molecular weight is 59.0 g/mol. The first-order chi connectivity index (χ1) is 1.73. The molecule has 0 spiro atoms. The maximum atomic E-state index is 7.31. The van der Waals surface area contributed by atoms with Gasteiger partial charge in [-0.15, -0.1) is 0 Å². The Balaban J connectivity index is 2.80. The van der Waals surface area contributed by atoms with E-state index in [-0.39, 0.29) is 0 Å². The first kappa shape index (κ1) is 3.34. The number of hydrogen-bond acceptors (Lipinski definition) is 2. The Morgan fingerprint density at radius 3 is 1.50 bits per heavy atom. The van der Waals surface area contributed by atoms with Crippen LogP contribution in [0.15, 0.2) is 5.95 Å². The zero-order valence-electron chi connectivity index (χ0n) is 1.97. The van der Waals surface area contributed by atoms with Gasteiger partial charge >= 0.3 is 0 Å². The van der Waals surface area contributed by atoms with Gasteiger partial charge in [-0.3, -0.25) is 0 Å². The van der Waals surface area contributed by atoms with Crippen LogP contribution in [0.25, 0.3) is 0 Å². The Morgan fingerprint density at radius 1 is 1.50 bits per heavy atom. The van der Waals surface area contributed by atoms with E-state index in [0.717, 1.165) is 0 Å². The summed E-state index contributed by atoms with van der Waals surface area (Å²) in [4.78, 5) is 0. The molecule has 0 aliphatic rings. The highest BCUT2D eigenvalue weighted by Crippen LogP contribution is 1.57. The molecule has 0 aliphatic carbocycles. The molecule has 0 heterocycles. The molecule has 0 saturated carbocycles. The monoisotopic (exact) mass is 59.0 g/mol. The van der Waals surface area contributed by atoms with E-state index in [1.54, 1.807) is 0 Å². The lowest BCUT2D eigenvalue weighted by atomic mass is 11.1. The predicted molar refractivity (Wildman–Crippen MR) is 13.1 cm³/mol. The van der Waals surface area contributed by atoms with Gasteiger partial charge in [0.1, 0.15) is 0 Å². The Morgan fingerprint density at radius 2 is 1.50 bits per heavy atom. The lowest BCUT2D eigenvalue weighted by Crippen LogP contribution is -1.63. The van der Waals surface area contributed by atoms with E-state index >= 15 is 0 Å². The molecule has 2 heteroatoms. The number of aliphatic hydroxyl groups excluding tert-OH is 1. The van der Waals surface area contributed by atoms with Gasteiger partial charge < -0.3 is 10.2 Å². The molecule has 2 N–H and O–H groups in total. The Hall–Kier alpha value is -0.660. The maximum Gasteiger partial charge on any atom is 0.274 e. The molecule has 2 nitrogen and oxygen atoms in total. The Bertz CT molecular complexity index is 27.0. The lowest BCUT2D eigenvalue weighted by molar-refractivity contribution is 0.192. The second kappa shape index (κ2) is 0.767. The minimum Gasteiger partial charge on any atom is -0.481 e. The topological polar surface area (TPSA) is 40.5 Å². The van der Waals surface area contributed by atoms with E-state index in [1.807, 2.05) is 0 Å². The highest BCUT2D eigenvalue weighted by Gasteiger charge is 1.57. The van der Waals surface area contributed by atoms with Crippen LogP contribution in [0.3, 0.4) is 0 Å². The molecule has 0 aromatic carbocycles. The van der Waals surface area contributed by atoms with E-state index in [4.69, 9.17) is 10.2 Å². The molecule has 0 amide bonds. The van der Waals surface area contributed by atoms with Crippen molar-refractivity contribution in [2.45, 2.75) is 0 Å². The van der Waals surface area contributed by atoms with Gasteiger partial charge in [0.15, 0.2) is 0 Å². The van der Waals surface area contributed by atoms with Gasteiger partial charge in [-0.1, -0.05) is 0 Å². The summed E-state index contributed by atoms with van der Waals surface area (Å²) in [5.74, 6) is -1.08. The van der Waals surface area contributed by atoms with Gasteiger partial charge in [0.2, 0.25) is 0 Å². The Labute approximate surface area is 24.0 Å². The quantitative estimate of drug-likeness (QED) is 0.396. The smallest absolute Gasteiger partial charge is 0.274 e. The largest absolute Gasteiger partial charge is 0.481 e. The molecule has 1 radical (unpaired) electrons. The molecule has 23 valence electrons. The maximum absolute atomic E-state index is 7.31. The van der Waals surface area contributed by atoms with Gasteiger partial charge in [-0.2, -0.15) is 0 Å². The number of rotatable bonds is 0. The SMILES string of the molecule is [CH]=C(O)O. The highest BCUT2D eigenvalue weighted by atomic mass is 16.5. The third-order valence-corrected chi connectivity index (χ3v) is 0. The standard InChI is InChI=1S/C2H3O2/c1-2(3)4/h1,3-4H. The summed E-state index contributed by atoms with van der Waals surface area (Å²) in [7, 11) is 0. The second-order valence-electron chi connectivity index (χ2n) is 0.358. The Kier molecular flexibility index (Phi) is 0.641. The van der Waals surface area contributed by atoms with E-state index in [9.17, 15) is 0 Å². The van der Waals surface area contributed by atoms with Crippen LogP contribution >= 0.6 is 0 Å². The van der Waals surface area contributed by atoms with Crippen molar-refractivity contribution >= 4 is 0 Å². The van der Waals surface area contributed by atoms with Crippen molar-refractivity contribution in [1.29, 1.82) is 0 Å². The zero-order chi connectivity index (χ0) is 3.58. The van der Waals surface area contributed by atoms with Crippen molar-refractivity contribution in [2.24, 2.45) is 0 Å². The third kappa shape index (κ3) is 0.356. The minimum absolute atomic E-state index is 1.08. The lowest BCUT2D eigenvalue weighted by Gasteiger charge is -1.68. The van der Waals surface area contributed by atoms with Crippen LogP contribution in [0, 0.1) is 6.58 Å². The fourth-order valence-electron chi connectivity index (χ4n) is 0. The van der Waals surface area contributed by atoms with Crippen molar-refractivity contribution in [2.75, 3.05) is 0 Å². The molecular formula is C2H3O2. The number of aliphatic hydroxyl groups is 2. The fraction of sp³-hybridized carbons (Fsp3) is 0. The van der Waals surface area contributed by atoms with Crippen LogP contribution in [0.1, 0.15) is 0 Å². The van der Waals surface area contributed by atoms with E-state index in [1.165, 1.54) is 0 Å². The van der Waals surface area contributed by atoms with Crippen molar-refractivity contribution < 1.29 is 10.2 Å². The van der Waals surface area contributed by atoms with E-state index in [0.29, 0.717) is 0 Å². The average Bonchev–Trinajstić information content (AvgIpc) is 0.811. The van der Waals surface area contributed by atoms with E-state index in [2.05, 4.69) is 6.58 Å². The molecule has 0 aromatic heterocycles. The van der Waals surface area contributed by atoms with Crippen molar-refractivity contribution in [1.82, 2.24) is 0 Å². The summed E-state index contributed by atoms with van der Waals surface area (Å²) in [6.07, 6.45) is 0. The fourth-order valence-corrected chi connectivity index (χ4v) is 0. The zero-order valence-corrected chi connectivity index (χ0v) is 1.97. The summed E-state index contributed by atoms with van der Waals surface area (Å²) < 4.78 is 0. The van der Waals surface area contributed by atoms with Crippen molar-refractivity contribution in [3.63, 3.8) is 0 Å². The normalized spacial score (nSPS) is 6.00. The van der Waals surface area contributed by atoms with Crippen LogP contribution in [0.4, 0.5) is 0 Å². The molecular weight excluding hydrogens is 56.0 g/mol. The molecule has 4 heavy (non-hydrogen) atoms. The summed E-state index contributed by atoms with van der Waals surface area (Å²) in [6, 6.07) is 0. The highest BCUT2D eigenvalue weighted by molar-refractivity contribution is 4.47. The van der Waals surface area contributed by atoms with Gasteiger partial charge in [-0.25, -0.2) is 0 Å². The third-order valence-electron chi connectivity index (χ3n) is 0. The number of hydrogen-bond donors (Lipinski definition) is 2. The summed E-state index contributed by atoms with van der Waals surface area (Å²) in [5, 5.41) is 14.6. The summed E-state index contributed by atoms with van der Waals surface area (Å²) >= 11 is 0. The van der Waals surface area contributed by atoms with Gasteiger partial charge in [0, 0.05) is 6.58 Å².